The highest BCUT2D eigenvalue weighted by atomic mass is 16.5. The summed E-state index contributed by atoms with van der Waals surface area (Å²) in [6.07, 6.45) is -0.696. The maximum absolute atomic E-state index is 12.2. The number of carbonyl (C=O) groups excluding carboxylic acids is 2. The Balaban J connectivity index is 1.87. The van der Waals surface area contributed by atoms with Crippen LogP contribution in [0.5, 0.6) is 5.75 Å². The maximum Gasteiger partial charge on any atom is 0.261 e. The topological polar surface area (TPSA) is 91.2 Å². The number of benzene rings is 2. The summed E-state index contributed by atoms with van der Waals surface area (Å²) >= 11 is 0. The molecule has 0 aromatic heterocycles. The standard InChI is InChI=1S/C20H21N3O3/c1-3-22-20(25)17-9-7-15(8-10-17)13-23-19(24)14(2)26-18-6-4-5-16(11-18)12-21/h4-11,14H,3,13H2,1-2H3,(H,22,25)(H,23,24). The second-order valence-corrected chi connectivity index (χ2v) is 5.67. The zero-order valence-electron chi connectivity index (χ0n) is 14.8. The van der Waals surface area contributed by atoms with E-state index < -0.39 is 6.10 Å². The van der Waals surface area contributed by atoms with E-state index in [1.807, 2.05) is 13.0 Å². The summed E-state index contributed by atoms with van der Waals surface area (Å²) in [7, 11) is 0. The van der Waals surface area contributed by atoms with Crippen molar-refractivity contribution in [1.29, 1.82) is 5.26 Å². The Morgan fingerprint density at radius 3 is 2.54 bits per heavy atom. The smallest absolute Gasteiger partial charge is 0.261 e. The third-order valence-electron chi connectivity index (χ3n) is 3.67. The van der Waals surface area contributed by atoms with Gasteiger partial charge in [-0.15, -0.1) is 0 Å². The van der Waals surface area contributed by atoms with Crippen LogP contribution in [0.2, 0.25) is 0 Å². The van der Waals surface area contributed by atoms with Crippen molar-refractivity contribution in [3.8, 4) is 11.8 Å². The molecule has 6 nitrogen and oxygen atoms in total. The fourth-order valence-electron chi connectivity index (χ4n) is 2.27. The van der Waals surface area contributed by atoms with Crippen LogP contribution in [-0.4, -0.2) is 24.5 Å². The molecule has 0 spiro atoms. The molecule has 0 aliphatic heterocycles. The highest BCUT2D eigenvalue weighted by Crippen LogP contribution is 2.14. The first kappa shape index (κ1) is 19.0. The number of hydrogen-bond acceptors (Lipinski definition) is 4. The number of carbonyl (C=O) groups is 2. The molecule has 134 valence electrons. The summed E-state index contributed by atoms with van der Waals surface area (Å²) < 4.78 is 5.57. The number of hydrogen-bond donors (Lipinski definition) is 2. The van der Waals surface area contributed by atoms with Crippen molar-refractivity contribution in [2.75, 3.05) is 6.54 Å². The van der Waals surface area contributed by atoms with Crippen molar-refractivity contribution in [3.05, 3.63) is 65.2 Å². The van der Waals surface area contributed by atoms with Gasteiger partial charge < -0.3 is 15.4 Å². The van der Waals surface area contributed by atoms with Gasteiger partial charge in [0.25, 0.3) is 11.8 Å². The fraction of sp³-hybridized carbons (Fsp3) is 0.250. The molecule has 2 amide bonds. The molecule has 0 fully saturated rings. The van der Waals surface area contributed by atoms with Crippen LogP contribution in [0, 0.1) is 11.3 Å². The van der Waals surface area contributed by atoms with Gasteiger partial charge in [-0.05, 0) is 49.7 Å². The van der Waals surface area contributed by atoms with Gasteiger partial charge in [0.2, 0.25) is 0 Å². The van der Waals surface area contributed by atoms with E-state index in [4.69, 9.17) is 10.00 Å². The Kier molecular flexibility index (Phi) is 6.75. The van der Waals surface area contributed by atoms with Gasteiger partial charge in [-0.1, -0.05) is 18.2 Å². The monoisotopic (exact) mass is 351 g/mol. The molecule has 6 heteroatoms. The zero-order chi connectivity index (χ0) is 18.9. The summed E-state index contributed by atoms with van der Waals surface area (Å²) in [6.45, 7) is 4.42. The van der Waals surface area contributed by atoms with Gasteiger partial charge in [-0.25, -0.2) is 0 Å². The second kappa shape index (κ2) is 9.23. The van der Waals surface area contributed by atoms with Gasteiger partial charge in [0, 0.05) is 18.7 Å². The SMILES string of the molecule is CCNC(=O)c1ccc(CNC(=O)C(C)Oc2cccc(C#N)c2)cc1. The average molecular weight is 351 g/mol. The molecule has 2 aromatic carbocycles. The van der Waals surface area contributed by atoms with Crippen LogP contribution < -0.4 is 15.4 Å². The maximum atomic E-state index is 12.2. The highest BCUT2D eigenvalue weighted by Gasteiger charge is 2.14. The van der Waals surface area contributed by atoms with Gasteiger partial charge in [-0.3, -0.25) is 9.59 Å². The van der Waals surface area contributed by atoms with Crippen LogP contribution in [0.4, 0.5) is 0 Å². The summed E-state index contributed by atoms with van der Waals surface area (Å²) in [6, 6.07) is 15.7. The van der Waals surface area contributed by atoms with Crippen molar-refractivity contribution < 1.29 is 14.3 Å². The van der Waals surface area contributed by atoms with E-state index >= 15 is 0 Å². The first-order valence-corrected chi connectivity index (χ1v) is 8.35. The number of amides is 2. The fourth-order valence-corrected chi connectivity index (χ4v) is 2.27. The van der Waals surface area contributed by atoms with Gasteiger partial charge in [-0.2, -0.15) is 5.26 Å². The number of nitrogens with zero attached hydrogens (tertiary/aromatic N) is 1. The molecule has 2 N–H and O–H groups in total. The molecule has 0 saturated carbocycles. The van der Waals surface area contributed by atoms with Crippen LogP contribution in [-0.2, 0) is 11.3 Å². The minimum atomic E-state index is -0.696. The van der Waals surface area contributed by atoms with Crippen molar-refractivity contribution in [2.45, 2.75) is 26.5 Å². The summed E-state index contributed by atoms with van der Waals surface area (Å²) in [5, 5.41) is 14.4. The van der Waals surface area contributed by atoms with Crippen LogP contribution in [0.1, 0.15) is 35.3 Å². The molecule has 0 aliphatic rings. The van der Waals surface area contributed by atoms with E-state index in [1.165, 1.54) is 0 Å². The molecule has 26 heavy (non-hydrogen) atoms. The molecule has 2 aromatic rings. The first-order chi connectivity index (χ1) is 12.5. The lowest BCUT2D eigenvalue weighted by Crippen LogP contribution is -2.35. The molecular weight excluding hydrogens is 330 g/mol. The molecule has 0 bridgehead atoms. The third kappa shape index (κ3) is 5.35. The van der Waals surface area contributed by atoms with Gasteiger partial charge >= 0.3 is 0 Å². The van der Waals surface area contributed by atoms with E-state index in [-0.39, 0.29) is 11.8 Å². The van der Waals surface area contributed by atoms with E-state index in [2.05, 4.69) is 10.6 Å². The van der Waals surface area contributed by atoms with Crippen LogP contribution in [0.3, 0.4) is 0 Å². The van der Waals surface area contributed by atoms with Crippen molar-refractivity contribution in [2.24, 2.45) is 0 Å². The van der Waals surface area contributed by atoms with E-state index in [1.54, 1.807) is 55.5 Å². The Bertz CT molecular complexity index is 810. The molecule has 0 saturated heterocycles. The molecular formula is C20H21N3O3. The van der Waals surface area contributed by atoms with Crippen molar-refractivity contribution >= 4 is 11.8 Å². The van der Waals surface area contributed by atoms with Gasteiger partial charge in [0.15, 0.2) is 6.10 Å². The predicted molar refractivity (Wildman–Crippen MR) is 97.5 cm³/mol. The van der Waals surface area contributed by atoms with Crippen LogP contribution >= 0.6 is 0 Å². The molecule has 2 rings (SSSR count). The normalized spacial score (nSPS) is 11.1. The molecule has 0 heterocycles. The number of rotatable bonds is 7. The number of ether oxygens (including phenoxy) is 1. The van der Waals surface area contributed by atoms with Gasteiger partial charge in [0.05, 0.1) is 11.6 Å². The minimum absolute atomic E-state index is 0.121. The molecule has 0 aliphatic carbocycles. The van der Waals surface area contributed by atoms with E-state index in [0.29, 0.717) is 30.0 Å². The van der Waals surface area contributed by atoms with Crippen LogP contribution in [0.25, 0.3) is 0 Å². The molecule has 1 atom stereocenters. The summed E-state index contributed by atoms with van der Waals surface area (Å²) in [5.74, 6) is 0.0860. The van der Waals surface area contributed by atoms with Gasteiger partial charge in [0.1, 0.15) is 5.75 Å². The number of nitriles is 1. The largest absolute Gasteiger partial charge is 0.481 e. The lowest BCUT2D eigenvalue weighted by atomic mass is 10.1. The Morgan fingerprint density at radius 2 is 1.88 bits per heavy atom. The Morgan fingerprint density at radius 1 is 1.15 bits per heavy atom. The van der Waals surface area contributed by atoms with Crippen molar-refractivity contribution in [3.63, 3.8) is 0 Å². The van der Waals surface area contributed by atoms with E-state index in [0.717, 1.165) is 5.56 Å². The lowest BCUT2D eigenvalue weighted by Gasteiger charge is -2.15. The third-order valence-corrected chi connectivity index (χ3v) is 3.67. The van der Waals surface area contributed by atoms with Crippen LogP contribution in [0.15, 0.2) is 48.5 Å². The van der Waals surface area contributed by atoms with Crippen molar-refractivity contribution in [1.82, 2.24) is 10.6 Å². The molecule has 0 radical (unpaired) electrons. The zero-order valence-corrected chi connectivity index (χ0v) is 14.8. The predicted octanol–water partition coefficient (Wildman–Crippen LogP) is 2.39. The van der Waals surface area contributed by atoms with E-state index in [9.17, 15) is 9.59 Å². The summed E-state index contributed by atoms with van der Waals surface area (Å²) in [4.78, 5) is 23.9. The number of nitrogens with one attached hydrogen (secondary N) is 2. The quantitative estimate of drug-likeness (QED) is 0.801. The Labute approximate surface area is 152 Å². The molecule has 1 unspecified atom stereocenters. The minimum Gasteiger partial charge on any atom is -0.481 e. The first-order valence-electron chi connectivity index (χ1n) is 8.35. The average Bonchev–Trinajstić information content (AvgIpc) is 2.66. The lowest BCUT2D eigenvalue weighted by molar-refractivity contribution is -0.127. The Hall–Kier alpha value is -3.33. The second-order valence-electron chi connectivity index (χ2n) is 5.67. The summed E-state index contributed by atoms with van der Waals surface area (Å²) in [5.41, 5.74) is 1.93. The highest BCUT2D eigenvalue weighted by molar-refractivity contribution is 5.94.